The highest BCUT2D eigenvalue weighted by Crippen LogP contribution is 2.28. The van der Waals surface area contributed by atoms with Crippen molar-refractivity contribution in [2.24, 2.45) is 0 Å². The predicted octanol–water partition coefficient (Wildman–Crippen LogP) is 5.85. The van der Waals surface area contributed by atoms with E-state index in [0.717, 1.165) is 10.9 Å². The van der Waals surface area contributed by atoms with Crippen LogP contribution in [0.2, 0.25) is 0 Å². The molecule has 0 nitrogen and oxygen atoms in total. The molecule has 0 aliphatic rings. The molecule has 0 saturated carbocycles. The Labute approximate surface area is 129 Å². The van der Waals surface area contributed by atoms with Crippen molar-refractivity contribution in [2.45, 2.75) is 16.1 Å². The third-order valence-corrected chi connectivity index (χ3v) is 4.93. The second-order valence-corrected chi connectivity index (χ2v) is 6.97. The fourth-order valence-corrected chi connectivity index (χ4v) is 3.11. The number of alkyl halides is 1. The minimum absolute atomic E-state index is 0.370. The van der Waals surface area contributed by atoms with E-state index in [9.17, 15) is 0 Å². The lowest BCUT2D eigenvalue weighted by Gasteiger charge is -2.11. The maximum absolute atomic E-state index is 3.77. The van der Waals surface area contributed by atoms with Gasteiger partial charge >= 0.3 is 0 Å². The maximum Gasteiger partial charge on any atom is 0.0435 e. The number of halogens is 2. The summed E-state index contributed by atoms with van der Waals surface area (Å²) < 4.78 is 1.13. The predicted molar refractivity (Wildman–Crippen MR) is 87.7 cm³/mol. The van der Waals surface area contributed by atoms with E-state index in [1.807, 2.05) is 0 Å². The first-order chi connectivity index (χ1) is 8.69. The van der Waals surface area contributed by atoms with Gasteiger partial charge in [-0.15, -0.1) is 11.8 Å². The minimum Gasteiger partial charge on any atom is -0.130 e. The first-order valence-electron chi connectivity index (χ1n) is 5.71. The molecule has 2 aromatic carbocycles. The van der Waals surface area contributed by atoms with E-state index in [-0.39, 0.29) is 0 Å². The van der Waals surface area contributed by atoms with E-state index in [2.05, 4.69) is 86.6 Å². The lowest BCUT2D eigenvalue weighted by molar-refractivity contribution is 0.946. The molecular formula is C15H14Br2S. The fourth-order valence-electron chi connectivity index (χ4n) is 1.76. The normalized spacial score (nSPS) is 12.4. The van der Waals surface area contributed by atoms with Crippen molar-refractivity contribution in [1.82, 2.24) is 0 Å². The molecule has 0 radical (unpaired) electrons. The van der Waals surface area contributed by atoms with Gasteiger partial charge in [-0.3, -0.25) is 0 Å². The average Bonchev–Trinajstić information content (AvgIpc) is 2.41. The van der Waals surface area contributed by atoms with Crippen LogP contribution in [-0.4, -0.2) is 6.26 Å². The Balaban J connectivity index is 2.06. The molecule has 3 heteroatoms. The molecule has 2 aromatic rings. The van der Waals surface area contributed by atoms with Gasteiger partial charge in [0, 0.05) is 14.2 Å². The van der Waals surface area contributed by atoms with E-state index in [1.54, 1.807) is 11.8 Å². The Morgan fingerprint density at radius 3 is 2.17 bits per heavy atom. The molecule has 18 heavy (non-hydrogen) atoms. The quantitative estimate of drug-likeness (QED) is 0.469. The molecule has 2 rings (SSSR count). The lowest BCUT2D eigenvalue weighted by atomic mass is 10.0. The van der Waals surface area contributed by atoms with Crippen molar-refractivity contribution >= 4 is 43.6 Å². The lowest BCUT2D eigenvalue weighted by Crippen LogP contribution is -1.95. The smallest absolute Gasteiger partial charge is 0.0435 e. The van der Waals surface area contributed by atoms with Crippen LogP contribution in [0.1, 0.15) is 16.0 Å². The molecule has 0 aromatic heterocycles. The van der Waals surface area contributed by atoms with E-state index in [0.29, 0.717) is 4.83 Å². The van der Waals surface area contributed by atoms with Gasteiger partial charge in [-0.05, 0) is 48.1 Å². The summed E-state index contributed by atoms with van der Waals surface area (Å²) in [6, 6.07) is 17.3. The molecule has 0 aliphatic heterocycles. The SMILES string of the molecule is CSc1ccc(C(Br)Cc2ccc(Br)cc2)cc1. The molecule has 0 amide bonds. The Bertz CT molecular complexity index is 491. The van der Waals surface area contributed by atoms with E-state index in [1.165, 1.54) is 16.0 Å². The van der Waals surface area contributed by atoms with Gasteiger partial charge < -0.3 is 0 Å². The zero-order valence-electron chi connectivity index (χ0n) is 10.1. The summed E-state index contributed by atoms with van der Waals surface area (Å²) in [5.41, 5.74) is 2.67. The zero-order valence-corrected chi connectivity index (χ0v) is 14.1. The van der Waals surface area contributed by atoms with Crippen LogP contribution < -0.4 is 0 Å². The highest BCUT2D eigenvalue weighted by atomic mass is 79.9. The summed E-state index contributed by atoms with van der Waals surface area (Å²) in [5, 5.41) is 0. The number of benzene rings is 2. The zero-order chi connectivity index (χ0) is 13.0. The van der Waals surface area contributed by atoms with Crippen LogP contribution in [0.3, 0.4) is 0 Å². The van der Waals surface area contributed by atoms with Gasteiger partial charge in [0.2, 0.25) is 0 Å². The van der Waals surface area contributed by atoms with Gasteiger partial charge in [0.25, 0.3) is 0 Å². The Morgan fingerprint density at radius 1 is 1.00 bits per heavy atom. The molecule has 0 spiro atoms. The first-order valence-corrected chi connectivity index (χ1v) is 8.65. The third-order valence-electron chi connectivity index (χ3n) is 2.81. The number of thioether (sulfide) groups is 1. The van der Waals surface area contributed by atoms with Gasteiger partial charge in [0.05, 0.1) is 0 Å². The molecule has 0 saturated heterocycles. The monoisotopic (exact) mass is 384 g/mol. The molecule has 0 heterocycles. The van der Waals surface area contributed by atoms with Crippen LogP contribution in [0.25, 0.3) is 0 Å². The summed E-state index contributed by atoms with van der Waals surface area (Å²) in [4.78, 5) is 1.68. The number of rotatable bonds is 4. The molecule has 0 aliphatic carbocycles. The minimum atomic E-state index is 0.370. The summed E-state index contributed by atoms with van der Waals surface area (Å²) >= 11 is 9.00. The Kier molecular flexibility index (Phi) is 5.34. The van der Waals surface area contributed by atoms with Crippen LogP contribution in [0.5, 0.6) is 0 Å². The van der Waals surface area contributed by atoms with Crippen molar-refractivity contribution in [3.05, 3.63) is 64.1 Å². The molecule has 0 N–H and O–H groups in total. The van der Waals surface area contributed by atoms with E-state index >= 15 is 0 Å². The highest BCUT2D eigenvalue weighted by Gasteiger charge is 2.08. The summed E-state index contributed by atoms with van der Waals surface area (Å²) in [6.45, 7) is 0. The Morgan fingerprint density at radius 2 is 1.61 bits per heavy atom. The molecule has 1 unspecified atom stereocenters. The molecule has 0 fully saturated rings. The number of hydrogen-bond acceptors (Lipinski definition) is 1. The van der Waals surface area contributed by atoms with Crippen LogP contribution in [0.4, 0.5) is 0 Å². The third kappa shape index (κ3) is 3.87. The van der Waals surface area contributed by atoms with Crippen molar-refractivity contribution in [3.8, 4) is 0 Å². The van der Waals surface area contributed by atoms with E-state index in [4.69, 9.17) is 0 Å². The molecular weight excluding hydrogens is 372 g/mol. The summed E-state index contributed by atoms with van der Waals surface area (Å²) in [5.74, 6) is 0. The van der Waals surface area contributed by atoms with Gasteiger partial charge in [-0.2, -0.15) is 0 Å². The van der Waals surface area contributed by atoms with Crippen molar-refractivity contribution in [2.75, 3.05) is 6.26 Å². The van der Waals surface area contributed by atoms with Crippen molar-refractivity contribution < 1.29 is 0 Å². The largest absolute Gasteiger partial charge is 0.130 e. The fraction of sp³-hybridized carbons (Fsp3) is 0.200. The Hall–Kier alpha value is -0.250. The van der Waals surface area contributed by atoms with Crippen LogP contribution >= 0.6 is 43.6 Å². The van der Waals surface area contributed by atoms with Crippen LogP contribution in [-0.2, 0) is 6.42 Å². The summed E-state index contributed by atoms with van der Waals surface area (Å²) in [6.07, 6.45) is 3.11. The second-order valence-electron chi connectivity index (χ2n) is 4.07. The average molecular weight is 386 g/mol. The van der Waals surface area contributed by atoms with Crippen molar-refractivity contribution in [3.63, 3.8) is 0 Å². The molecule has 1 atom stereocenters. The topological polar surface area (TPSA) is 0 Å². The maximum atomic E-state index is 3.77. The van der Waals surface area contributed by atoms with Gasteiger partial charge in [0.1, 0.15) is 0 Å². The summed E-state index contributed by atoms with van der Waals surface area (Å²) in [7, 11) is 0. The highest BCUT2D eigenvalue weighted by molar-refractivity contribution is 9.10. The standard InChI is InChI=1S/C15H14Br2S/c1-18-14-8-4-12(5-9-14)15(17)10-11-2-6-13(16)7-3-11/h2-9,15H,10H2,1H3. The van der Waals surface area contributed by atoms with Gasteiger partial charge in [0.15, 0.2) is 0 Å². The van der Waals surface area contributed by atoms with E-state index < -0.39 is 0 Å². The van der Waals surface area contributed by atoms with Crippen molar-refractivity contribution in [1.29, 1.82) is 0 Å². The van der Waals surface area contributed by atoms with Crippen LogP contribution in [0, 0.1) is 0 Å². The van der Waals surface area contributed by atoms with Gasteiger partial charge in [-0.1, -0.05) is 56.1 Å². The number of hydrogen-bond donors (Lipinski definition) is 0. The van der Waals surface area contributed by atoms with Gasteiger partial charge in [-0.25, -0.2) is 0 Å². The molecule has 94 valence electrons. The first kappa shape index (κ1) is 14.2. The van der Waals surface area contributed by atoms with Crippen LogP contribution in [0.15, 0.2) is 57.9 Å². The molecule has 0 bridgehead atoms. The second kappa shape index (κ2) is 6.78.